The van der Waals surface area contributed by atoms with E-state index in [1.54, 1.807) is 0 Å². The van der Waals surface area contributed by atoms with Crippen LogP contribution in [0.25, 0.3) is 0 Å². The van der Waals surface area contributed by atoms with Gasteiger partial charge in [0.1, 0.15) is 4.90 Å². The normalized spacial score (nSPS) is 11.2. The lowest BCUT2D eigenvalue weighted by atomic mass is 10.2. The van der Waals surface area contributed by atoms with Gasteiger partial charge in [0.05, 0.1) is 18.4 Å². The van der Waals surface area contributed by atoms with Gasteiger partial charge in [-0.3, -0.25) is 9.40 Å². The minimum atomic E-state index is -3.70. The third kappa shape index (κ3) is 4.58. The predicted octanol–water partition coefficient (Wildman–Crippen LogP) is 2.66. The van der Waals surface area contributed by atoms with Gasteiger partial charge in [-0.25, -0.2) is 13.2 Å². The van der Waals surface area contributed by atoms with Gasteiger partial charge < -0.3 is 4.74 Å². The van der Waals surface area contributed by atoms with Crippen LogP contribution in [-0.2, 0) is 21.3 Å². The van der Waals surface area contributed by atoms with E-state index in [0.29, 0.717) is 24.4 Å². The highest BCUT2D eigenvalue weighted by Gasteiger charge is 2.17. The molecule has 0 saturated carbocycles. The smallest absolute Gasteiger partial charge is 0.338 e. The number of carbonyl (C=O) groups excluding carboxylic acids is 1. The zero-order valence-electron chi connectivity index (χ0n) is 13.7. The largest absolute Gasteiger partial charge is 0.462 e. The maximum absolute atomic E-state index is 12.3. The van der Waals surface area contributed by atoms with Gasteiger partial charge in [-0.2, -0.15) is 5.10 Å². The number of anilines is 1. The van der Waals surface area contributed by atoms with Gasteiger partial charge >= 0.3 is 5.97 Å². The first kappa shape index (κ1) is 18.0. The summed E-state index contributed by atoms with van der Waals surface area (Å²) in [5.74, 6) is -0.415. The third-order valence-corrected chi connectivity index (χ3v) is 4.68. The number of unbranched alkanes of at least 4 members (excludes halogenated alkanes) is 1. The van der Waals surface area contributed by atoms with Crippen molar-refractivity contribution in [3.8, 4) is 0 Å². The molecule has 0 atom stereocenters. The van der Waals surface area contributed by atoms with Crippen molar-refractivity contribution in [2.45, 2.75) is 38.1 Å². The number of ether oxygens (including phenoxy) is 1. The standard InChI is InChI=1S/C16H21N3O4S/c1-3-5-10-23-16(20)13-6-8-14(9-7-13)18-24(21,22)15-11-17-19(4-2)12-15/h6-9,11-12,18H,3-5,10H2,1-2H3. The molecule has 0 bridgehead atoms. The average Bonchev–Trinajstić information content (AvgIpc) is 3.05. The van der Waals surface area contributed by atoms with Gasteiger partial charge in [-0.1, -0.05) is 13.3 Å². The Kier molecular flexibility index (Phi) is 5.97. The maximum atomic E-state index is 12.3. The third-order valence-electron chi connectivity index (χ3n) is 3.35. The number of aryl methyl sites for hydroxylation is 1. The lowest BCUT2D eigenvalue weighted by Gasteiger charge is -2.07. The van der Waals surface area contributed by atoms with E-state index in [0.717, 1.165) is 12.8 Å². The van der Waals surface area contributed by atoms with Crippen molar-refractivity contribution in [1.29, 1.82) is 0 Å². The molecule has 0 amide bonds. The second kappa shape index (κ2) is 7.96. The molecule has 0 aliphatic carbocycles. The lowest BCUT2D eigenvalue weighted by molar-refractivity contribution is 0.0500. The molecule has 8 heteroatoms. The molecule has 1 aromatic heterocycles. The highest BCUT2D eigenvalue weighted by molar-refractivity contribution is 7.92. The van der Waals surface area contributed by atoms with Crippen LogP contribution in [0.15, 0.2) is 41.6 Å². The Morgan fingerprint density at radius 1 is 1.25 bits per heavy atom. The molecule has 0 radical (unpaired) electrons. The molecule has 0 aliphatic rings. The summed E-state index contributed by atoms with van der Waals surface area (Å²) in [4.78, 5) is 11.9. The Labute approximate surface area is 141 Å². The van der Waals surface area contributed by atoms with Crippen LogP contribution in [-0.4, -0.2) is 30.8 Å². The molecule has 130 valence electrons. The van der Waals surface area contributed by atoms with Crippen LogP contribution < -0.4 is 4.72 Å². The molecular formula is C16H21N3O4S. The van der Waals surface area contributed by atoms with Gasteiger partial charge in [0.2, 0.25) is 0 Å². The van der Waals surface area contributed by atoms with Crippen LogP contribution in [0.3, 0.4) is 0 Å². The van der Waals surface area contributed by atoms with Crippen LogP contribution in [0.4, 0.5) is 5.69 Å². The van der Waals surface area contributed by atoms with Crippen molar-refractivity contribution in [3.63, 3.8) is 0 Å². The number of aromatic nitrogens is 2. The molecule has 0 fully saturated rings. The molecule has 0 unspecified atom stereocenters. The number of benzene rings is 1. The summed E-state index contributed by atoms with van der Waals surface area (Å²) < 4.78 is 33.6. The zero-order valence-corrected chi connectivity index (χ0v) is 14.5. The highest BCUT2D eigenvalue weighted by atomic mass is 32.2. The summed E-state index contributed by atoms with van der Waals surface area (Å²) in [6.07, 6.45) is 4.52. The van der Waals surface area contributed by atoms with E-state index < -0.39 is 16.0 Å². The molecular weight excluding hydrogens is 330 g/mol. The second-order valence-corrected chi connectivity index (χ2v) is 6.89. The zero-order chi connectivity index (χ0) is 17.6. The summed E-state index contributed by atoms with van der Waals surface area (Å²) in [6, 6.07) is 6.11. The molecule has 7 nitrogen and oxygen atoms in total. The molecule has 2 rings (SSSR count). The number of hydrogen-bond donors (Lipinski definition) is 1. The Hall–Kier alpha value is -2.35. The van der Waals surface area contributed by atoms with Gasteiger partial charge in [0, 0.05) is 18.4 Å². The average molecular weight is 351 g/mol. The molecule has 1 heterocycles. The monoisotopic (exact) mass is 351 g/mol. The number of rotatable bonds is 8. The predicted molar refractivity (Wildman–Crippen MR) is 90.3 cm³/mol. The first-order chi connectivity index (χ1) is 11.5. The SMILES string of the molecule is CCCCOC(=O)c1ccc(NS(=O)(=O)c2cnn(CC)c2)cc1. The Bertz CT molecular complexity index is 782. The highest BCUT2D eigenvalue weighted by Crippen LogP contribution is 2.16. The summed E-state index contributed by atoms with van der Waals surface area (Å²) in [5.41, 5.74) is 0.747. The quantitative estimate of drug-likeness (QED) is 0.583. The number of sulfonamides is 1. The van der Waals surface area contributed by atoms with Gasteiger partial charge in [-0.05, 0) is 37.6 Å². The summed E-state index contributed by atoms with van der Waals surface area (Å²) in [5, 5.41) is 3.95. The number of nitrogens with zero attached hydrogens (tertiary/aromatic N) is 2. The van der Waals surface area contributed by atoms with Crippen LogP contribution in [0, 0.1) is 0 Å². The van der Waals surface area contributed by atoms with Crippen molar-refractivity contribution in [2.24, 2.45) is 0 Å². The van der Waals surface area contributed by atoms with E-state index in [4.69, 9.17) is 4.74 Å². The fraction of sp³-hybridized carbons (Fsp3) is 0.375. The molecule has 0 saturated heterocycles. The van der Waals surface area contributed by atoms with Crippen LogP contribution in [0.1, 0.15) is 37.0 Å². The number of carbonyl (C=O) groups is 1. The van der Waals surface area contributed by atoms with Gasteiger partial charge in [0.25, 0.3) is 10.0 Å². The van der Waals surface area contributed by atoms with Crippen molar-refractivity contribution in [3.05, 3.63) is 42.2 Å². The first-order valence-corrected chi connectivity index (χ1v) is 9.27. The van der Waals surface area contributed by atoms with E-state index in [9.17, 15) is 13.2 Å². The van der Waals surface area contributed by atoms with E-state index in [2.05, 4.69) is 9.82 Å². The van der Waals surface area contributed by atoms with Crippen LogP contribution >= 0.6 is 0 Å². The van der Waals surface area contributed by atoms with Gasteiger partial charge in [-0.15, -0.1) is 0 Å². The number of nitrogens with one attached hydrogen (secondary N) is 1. The molecule has 24 heavy (non-hydrogen) atoms. The van der Waals surface area contributed by atoms with Crippen molar-refractivity contribution in [1.82, 2.24) is 9.78 Å². The maximum Gasteiger partial charge on any atom is 0.338 e. The molecule has 0 spiro atoms. The molecule has 1 aromatic carbocycles. The van der Waals surface area contributed by atoms with Crippen molar-refractivity contribution in [2.75, 3.05) is 11.3 Å². The molecule has 0 aliphatic heterocycles. The minimum absolute atomic E-state index is 0.0902. The number of esters is 1. The van der Waals surface area contributed by atoms with E-state index >= 15 is 0 Å². The van der Waals surface area contributed by atoms with Crippen molar-refractivity contribution >= 4 is 21.7 Å². The Morgan fingerprint density at radius 2 is 1.96 bits per heavy atom. The summed E-state index contributed by atoms with van der Waals surface area (Å²) in [6.45, 7) is 4.85. The topological polar surface area (TPSA) is 90.3 Å². The van der Waals surface area contributed by atoms with Crippen molar-refractivity contribution < 1.29 is 17.9 Å². The Morgan fingerprint density at radius 3 is 2.54 bits per heavy atom. The second-order valence-electron chi connectivity index (χ2n) is 5.20. The van der Waals surface area contributed by atoms with E-state index in [-0.39, 0.29) is 4.90 Å². The van der Waals surface area contributed by atoms with Gasteiger partial charge in [0.15, 0.2) is 0 Å². The minimum Gasteiger partial charge on any atom is -0.462 e. The van der Waals surface area contributed by atoms with Crippen LogP contribution in [0.5, 0.6) is 0 Å². The van der Waals surface area contributed by atoms with Crippen LogP contribution in [0.2, 0.25) is 0 Å². The summed E-state index contributed by atoms with van der Waals surface area (Å²) in [7, 11) is -3.70. The number of hydrogen-bond acceptors (Lipinski definition) is 5. The first-order valence-electron chi connectivity index (χ1n) is 7.78. The molecule has 2 aromatic rings. The fourth-order valence-electron chi connectivity index (χ4n) is 1.94. The van der Waals surface area contributed by atoms with E-state index in [1.165, 1.54) is 41.3 Å². The fourth-order valence-corrected chi connectivity index (χ4v) is 2.95. The molecule has 1 N–H and O–H groups in total. The summed E-state index contributed by atoms with van der Waals surface area (Å²) >= 11 is 0. The van der Waals surface area contributed by atoms with E-state index in [1.807, 2.05) is 13.8 Å². The Balaban J connectivity index is 2.04. The lowest BCUT2D eigenvalue weighted by Crippen LogP contribution is -2.12.